The number of amides is 1. The average Bonchev–Trinajstić information content (AvgIpc) is 3.11. The molecule has 2 aromatic heterocycles. The maximum Gasteiger partial charge on any atom is 0.422 e. The smallest absolute Gasteiger partial charge is 0.422 e. The summed E-state index contributed by atoms with van der Waals surface area (Å²) in [6.07, 6.45) is -1.67. The molecular formula is C18H20F3N5O3. The quantitative estimate of drug-likeness (QED) is 0.716. The normalized spacial score (nSPS) is 22.9. The Kier molecular flexibility index (Phi) is 4.64. The molecule has 4 heterocycles. The average molecular weight is 411 g/mol. The molecule has 2 aliphatic heterocycles. The van der Waals surface area contributed by atoms with E-state index < -0.39 is 24.1 Å². The number of nitrogens with zero attached hydrogens (tertiary/aromatic N) is 3. The van der Waals surface area contributed by atoms with E-state index in [2.05, 4.69) is 25.4 Å². The van der Waals surface area contributed by atoms with Crippen molar-refractivity contribution in [3.8, 4) is 5.75 Å². The van der Waals surface area contributed by atoms with Gasteiger partial charge >= 0.3 is 6.18 Å². The molecule has 0 aromatic carbocycles. The molecule has 8 nitrogen and oxygen atoms in total. The van der Waals surface area contributed by atoms with E-state index in [1.54, 1.807) is 19.5 Å². The van der Waals surface area contributed by atoms with Gasteiger partial charge in [-0.15, -0.1) is 0 Å². The number of nitrogens with one attached hydrogen (secondary N) is 2. The van der Waals surface area contributed by atoms with Crippen LogP contribution in [0.4, 0.5) is 24.7 Å². The molecule has 1 atom stereocenters. The number of rotatable bonds is 3. The van der Waals surface area contributed by atoms with E-state index >= 15 is 0 Å². The molecule has 11 heteroatoms. The molecule has 0 spiro atoms. The summed E-state index contributed by atoms with van der Waals surface area (Å²) < 4.78 is 46.2. The zero-order chi connectivity index (χ0) is 20.8. The van der Waals surface area contributed by atoms with Crippen LogP contribution in [0, 0.1) is 0 Å². The van der Waals surface area contributed by atoms with Crippen molar-refractivity contribution in [2.45, 2.75) is 37.0 Å². The lowest BCUT2D eigenvalue weighted by molar-refractivity contribution is -0.267. The largest absolute Gasteiger partial charge is 0.495 e. The number of H-pyrrole nitrogens is 1. The second-order valence-electron chi connectivity index (χ2n) is 7.29. The number of fused-ring (bicyclic) bond motifs is 1. The van der Waals surface area contributed by atoms with Crippen molar-refractivity contribution >= 4 is 17.4 Å². The SMILES string of the molecule is COc1cncc(N2CCC(c3[nH]nc4c3C(O)(C(F)(F)F)CC(=O)N4)CC2)c1. The second-order valence-corrected chi connectivity index (χ2v) is 7.29. The van der Waals surface area contributed by atoms with E-state index in [0.29, 0.717) is 31.7 Å². The van der Waals surface area contributed by atoms with Crippen LogP contribution in [0.25, 0.3) is 0 Å². The Morgan fingerprint density at radius 3 is 2.69 bits per heavy atom. The zero-order valence-corrected chi connectivity index (χ0v) is 15.6. The molecule has 29 heavy (non-hydrogen) atoms. The Hall–Kier alpha value is -2.82. The van der Waals surface area contributed by atoms with Gasteiger partial charge < -0.3 is 20.1 Å². The first-order chi connectivity index (χ1) is 13.7. The van der Waals surface area contributed by atoms with Crippen LogP contribution in [0.3, 0.4) is 0 Å². The van der Waals surface area contributed by atoms with Crippen molar-refractivity contribution in [1.29, 1.82) is 0 Å². The number of aromatic nitrogens is 3. The number of pyridine rings is 1. The van der Waals surface area contributed by atoms with Crippen LogP contribution in [-0.4, -0.2) is 52.6 Å². The van der Waals surface area contributed by atoms with Crippen LogP contribution in [0.2, 0.25) is 0 Å². The maximum absolute atomic E-state index is 13.7. The molecule has 1 fully saturated rings. The number of piperidine rings is 1. The number of carbonyl (C=O) groups excluding carboxylic acids is 1. The summed E-state index contributed by atoms with van der Waals surface area (Å²) in [6, 6.07) is 1.85. The van der Waals surface area contributed by atoms with Crippen molar-refractivity contribution in [3.05, 3.63) is 29.7 Å². The first kappa shape index (κ1) is 19.5. The van der Waals surface area contributed by atoms with Crippen molar-refractivity contribution in [2.75, 3.05) is 30.4 Å². The summed E-state index contributed by atoms with van der Waals surface area (Å²) in [6.45, 7) is 1.17. The number of aliphatic hydroxyl groups is 1. The molecule has 1 saturated heterocycles. The predicted molar refractivity (Wildman–Crippen MR) is 96.8 cm³/mol. The van der Waals surface area contributed by atoms with Crippen LogP contribution in [-0.2, 0) is 10.4 Å². The fourth-order valence-electron chi connectivity index (χ4n) is 4.02. The molecule has 4 rings (SSSR count). The summed E-state index contributed by atoms with van der Waals surface area (Å²) in [5.41, 5.74) is -2.52. The Morgan fingerprint density at radius 2 is 2.03 bits per heavy atom. The Morgan fingerprint density at radius 1 is 1.31 bits per heavy atom. The highest BCUT2D eigenvalue weighted by Crippen LogP contribution is 2.49. The number of alkyl halides is 3. The number of ether oxygens (including phenoxy) is 1. The molecule has 0 aliphatic carbocycles. The fraction of sp³-hybridized carbons (Fsp3) is 0.500. The zero-order valence-electron chi connectivity index (χ0n) is 15.6. The number of carbonyl (C=O) groups is 1. The molecule has 0 radical (unpaired) electrons. The molecule has 156 valence electrons. The number of methoxy groups -OCH3 is 1. The summed E-state index contributed by atoms with van der Waals surface area (Å²) in [4.78, 5) is 17.9. The topological polar surface area (TPSA) is 103 Å². The number of hydrogen-bond donors (Lipinski definition) is 3. The fourth-order valence-corrected chi connectivity index (χ4v) is 4.02. The lowest BCUT2D eigenvalue weighted by atomic mass is 9.81. The first-order valence-electron chi connectivity index (χ1n) is 9.14. The van der Waals surface area contributed by atoms with E-state index in [-0.39, 0.29) is 23.0 Å². The summed E-state index contributed by atoms with van der Waals surface area (Å²) in [7, 11) is 1.55. The molecule has 3 N–H and O–H groups in total. The number of halogens is 3. The van der Waals surface area contributed by atoms with Gasteiger partial charge in [-0.1, -0.05) is 0 Å². The number of aromatic amines is 1. The lowest BCUT2D eigenvalue weighted by Gasteiger charge is -2.37. The van der Waals surface area contributed by atoms with Gasteiger partial charge in [0, 0.05) is 30.8 Å². The van der Waals surface area contributed by atoms with Crippen LogP contribution < -0.4 is 15.0 Å². The molecule has 0 bridgehead atoms. The highest BCUT2D eigenvalue weighted by atomic mass is 19.4. The van der Waals surface area contributed by atoms with Gasteiger partial charge in [0.25, 0.3) is 0 Å². The van der Waals surface area contributed by atoms with Gasteiger partial charge in [-0.25, -0.2) is 0 Å². The molecule has 0 saturated carbocycles. The van der Waals surface area contributed by atoms with Crippen molar-refractivity contribution in [3.63, 3.8) is 0 Å². The van der Waals surface area contributed by atoms with Gasteiger partial charge in [0.15, 0.2) is 11.4 Å². The Bertz CT molecular complexity index is 924. The monoisotopic (exact) mass is 411 g/mol. The summed E-state index contributed by atoms with van der Waals surface area (Å²) in [5, 5.41) is 19.2. The molecular weight excluding hydrogens is 391 g/mol. The third-order valence-electron chi connectivity index (χ3n) is 5.55. The van der Waals surface area contributed by atoms with Gasteiger partial charge in [-0.05, 0) is 12.8 Å². The van der Waals surface area contributed by atoms with Crippen LogP contribution >= 0.6 is 0 Å². The summed E-state index contributed by atoms with van der Waals surface area (Å²) >= 11 is 0. The maximum atomic E-state index is 13.7. The van der Waals surface area contributed by atoms with E-state index in [4.69, 9.17) is 4.74 Å². The van der Waals surface area contributed by atoms with E-state index in [1.165, 1.54) is 0 Å². The standard InChI is InChI=1S/C18H20F3N5O3/c1-29-12-6-11(8-22-9-12)26-4-2-10(3-5-26)15-14-16(25-24-15)23-13(27)7-17(14,28)18(19,20)21/h6,8-10,28H,2-5,7H2,1H3,(H2,23,24,25,27). The van der Waals surface area contributed by atoms with Crippen molar-refractivity contribution < 1.29 is 27.8 Å². The summed E-state index contributed by atoms with van der Waals surface area (Å²) in [5.74, 6) is -0.811. The third-order valence-corrected chi connectivity index (χ3v) is 5.55. The van der Waals surface area contributed by atoms with Crippen molar-refractivity contribution in [1.82, 2.24) is 15.2 Å². The Labute approximate surface area is 164 Å². The van der Waals surface area contributed by atoms with Gasteiger partial charge in [-0.3, -0.25) is 14.9 Å². The van der Waals surface area contributed by atoms with Crippen LogP contribution in [0.15, 0.2) is 18.5 Å². The molecule has 2 aromatic rings. The number of anilines is 2. The van der Waals surface area contributed by atoms with E-state index in [0.717, 1.165) is 5.69 Å². The highest BCUT2D eigenvalue weighted by Gasteiger charge is 2.61. The minimum absolute atomic E-state index is 0.225. The van der Waals surface area contributed by atoms with Gasteiger partial charge in [-0.2, -0.15) is 18.3 Å². The van der Waals surface area contributed by atoms with E-state index in [1.807, 2.05) is 6.07 Å². The number of hydrogen-bond acceptors (Lipinski definition) is 6. The minimum atomic E-state index is -4.99. The minimum Gasteiger partial charge on any atom is -0.495 e. The molecule has 2 aliphatic rings. The van der Waals surface area contributed by atoms with Gasteiger partial charge in [0.2, 0.25) is 5.91 Å². The second kappa shape index (κ2) is 6.90. The van der Waals surface area contributed by atoms with Gasteiger partial charge in [0.1, 0.15) is 5.75 Å². The van der Waals surface area contributed by atoms with Gasteiger partial charge in [0.05, 0.1) is 37.2 Å². The molecule has 1 unspecified atom stereocenters. The van der Waals surface area contributed by atoms with E-state index in [9.17, 15) is 23.1 Å². The van der Waals surface area contributed by atoms with Crippen LogP contribution in [0.1, 0.15) is 36.4 Å². The predicted octanol–water partition coefficient (Wildman–Crippen LogP) is 2.29. The Balaban J connectivity index is 1.58. The van der Waals surface area contributed by atoms with Crippen LogP contribution in [0.5, 0.6) is 5.75 Å². The van der Waals surface area contributed by atoms with Crippen molar-refractivity contribution in [2.24, 2.45) is 0 Å². The molecule has 1 amide bonds. The lowest BCUT2D eigenvalue weighted by Crippen LogP contribution is -2.48. The third kappa shape index (κ3) is 3.28. The highest BCUT2D eigenvalue weighted by molar-refractivity contribution is 5.94. The first-order valence-corrected chi connectivity index (χ1v) is 9.14.